The van der Waals surface area contributed by atoms with E-state index in [-0.39, 0.29) is 17.4 Å². The molecule has 0 saturated carbocycles. The molecule has 0 radical (unpaired) electrons. The lowest BCUT2D eigenvalue weighted by atomic mass is 9.83. The van der Waals surface area contributed by atoms with E-state index in [1.807, 2.05) is 56.3 Å². The summed E-state index contributed by atoms with van der Waals surface area (Å²) >= 11 is 0. The van der Waals surface area contributed by atoms with Crippen molar-refractivity contribution in [2.45, 2.75) is 32.3 Å². The zero-order valence-electron chi connectivity index (χ0n) is 18.0. The molecule has 1 fully saturated rings. The summed E-state index contributed by atoms with van der Waals surface area (Å²) in [5.74, 6) is -0.509. The van der Waals surface area contributed by atoms with Crippen molar-refractivity contribution in [1.29, 1.82) is 0 Å². The van der Waals surface area contributed by atoms with E-state index in [0.29, 0.717) is 11.3 Å². The second kappa shape index (κ2) is 8.90. The smallest absolute Gasteiger partial charge is 0.339 e. The first-order chi connectivity index (χ1) is 15.0. The maximum Gasteiger partial charge on any atom is 0.339 e. The molecular weight excluding hydrogens is 388 g/mol. The fraction of sp³-hybridized carbons (Fsp3) is 0.308. The van der Waals surface area contributed by atoms with Gasteiger partial charge in [-0.05, 0) is 63.4 Å². The zero-order valence-corrected chi connectivity index (χ0v) is 18.0. The molecule has 0 aromatic heterocycles. The molecule has 0 bridgehead atoms. The highest BCUT2D eigenvalue weighted by molar-refractivity contribution is 6.13. The Morgan fingerprint density at radius 2 is 1.55 bits per heavy atom. The number of piperidine rings is 1. The monoisotopic (exact) mass is 416 g/mol. The molecule has 1 heterocycles. The van der Waals surface area contributed by atoms with Gasteiger partial charge in [0.1, 0.15) is 5.60 Å². The van der Waals surface area contributed by atoms with Gasteiger partial charge < -0.3 is 15.4 Å². The summed E-state index contributed by atoms with van der Waals surface area (Å²) in [6.45, 7) is 5.77. The SMILES string of the molecule is CC(C)(OC(=O)c1ccccc1C(=O)Nc1cccc2ccccc12)C1CCNCC1. The molecule has 2 N–H and O–H groups in total. The average Bonchev–Trinajstić information content (AvgIpc) is 2.79. The number of carbonyl (C=O) groups excluding carboxylic acids is 2. The Labute approximate surface area is 182 Å². The third-order valence-corrected chi connectivity index (χ3v) is 6.11. The summed E-state index contributed by atoms with van der Waals surface area (Å²) in [5.41, 5.74) is 0.698. The number of fused-ring (bicyclic) bond motifs is 1. The van der Waals surface area contributed by atoms with Crippen LogP contribution in [0.2, 0.25) is 0 Å². The maximum atomic E-state index is 13.1. The number of nitrogens with one attached hydrogen (secondary N) is 2. The highest BCUT2D eigenvalue weighted by Crippen LogP contribution is 2.30. The zero-order chi connectivity index (χ0) is 21.8. The van der Waals surface area contributed by atoms with Crippen LogP contribution in [0.15, 0.2) is 66.7 Å². The fourth-order valence-corrected chi connectivity index (χ4v) is 4.28. The minimum Gasteiger partial charge on any atom is -0.456 e. The Bertz CT molecular complexity index is 1100. The van der Waals surface area contributed by atoms with Gasteiger partial charge in [0.2, 0.25) is 0 Å². The van der Waals surface area contributed by atoms with Gasteiger partial charge in [-0.1, -0.05) is 48.5 Å². The predicted molar refractivity (Wildman–Crippen MR) is 123 cm³/mol. The Kier molecular flexibility index (Phi) is 6.05. The molecule has 3 aromatic rings. The summed E-state index contributed by atoms with van der Waals surface area (Å²) in [6.07, 6.45) is 1.92. The normalized spacial score (nSPS) is 14.9. The number of hydrogen-bond acceptors (Lipinski definition) is 4. The lowest BCUT2D eigenvalue weighted by Crippen LogP contribution is -2.43. The Morgan fingerprint density at radius 1 is 0.903 bits per heavy atom. The van der Waals surface area contributed by atoms with Crippen LogP contribution in [0.4, 0.5) is 5.69 Å². The van der Waals surface area contributed by atoms with E-state index in [1.165, 1.54) is 0 Å². The van der Waals surface area contributed by atoms with Crippen molar-refractivity contribution in [1.82, 2.24) is 5.32 Å². The molecule has 3 aromatic carbocycles. The standard InChI is InChI=1S/C26H28N2O3/c1-26(2,19-14-16-27-17-15-19)31-25(30)22-12-6-5-11-21(22)24(29)28-23-13-7-9-18-8-3-4-10-20(18)23/h3-13,19,27H,14-17H2,1-2H3,(H,28,29). The third kappa shape index (κ3) is 4.62. The van der Waals surface area contributed by atoms with E-state index in [9.17, 15) is 9.59 Å². The second-order valence-electron chi connectivity index (χ2n) is 8.54. The van der Waals surface area contributed by atoms with Gasteiger partial charge in [-0.3, -0.25) is 4.79 Å². The van der Waals surface area contributed by atoms with Gasteiger partial charge >= 0.3 is 5.97 Å². The number of anilines is 1. The van der Waals surface area contributed by atoms with Crippen LogP contribution >= 0.6 is 0 Å². The van der Waals surface area contributed by atoms with Gasteiger partial charge in [0.25, 0.3) is 5.91 Å². The number of hydrogen-bond donors (Lipinski definition) is 2. The van der Waals surface area contributed by atoms with Crippen LogP contribution in [-0.2, 0) is 4.74 Å². The van der Waals surface area contributed by atoms with Crippen molar-refractivity contribution in [3.8, 4) is 0 Å². The molecule has 0 aliphatic carbocycles. The van der Waals surface area contributed by atoms with Crippen molar-refractivity contribution in [3.05, 3.63) is 77.9 Å². The van der Waals surface area contributed by atoms with Gasteiger partial charge in [0.05, 0.1) is 11.1 Å². The molecule has 1 saturated heterocycles. The molecule has 5 heteroatoms. The highest BCUT2D eigenvalue weighted by Gasteiger charge is 2.35. The van der Waals surface area contributed by atoms with E-state index in [2.05, 4.69) is 10.6 Å². The van der Waals surface area contributed by atoms with E-state index < -0.39 is 11.6 Å². The van der Waals surface area contributed by atoms with Crippen LogP contribution in [0.3, 0.4) is 0 Å². The van der Waals surface area contributed by atoms with Crippen molar-refractivity contribution >= 4 is 28.3 Å². The minimum absolute atomic E-state index is 0.280. The Hall–Kier alpha value is -3.18. The van der Waals surface area contributed by atoms with E-state index in [4.69, 9.17) is 4.74 Å². The summed E-state index contributed by atoms with van der Waals surface area (Å²) in [5, 5.41) is 8.29. The molecule has 1 aliphatic rings. The number of esters is 1. The van der Waals surface area contributed by atoms with Gasteiger partial charge in [0.15, 0.2) is 0 Å². The number of amides is 1. The fourth-order valence-electron chi connectivity index (χ4n) is 4.28. The minimum atomic E-state index is -0.599. The van der Waals surface area contributed by atoms with E-state index >= 15 is 0 Å². The summed E-state index contributed by atoms with van der Waals surface area (Å²) in [6, 6.07) is 20.4. The lowest BCUT2D eigenvalue weighted by molar-refractivity contribution is -0.0369. The largest absolute Gasteiger partial charge is 0.456 e. The predicted octanol–water partition coefficient (Wildman–Crippen LogP) is 5.03. The molecule has 0 atom stereocenters. The number of benzene rings is 3. The van der Waals surface area contributed by atoms with Crippen molar-refractivity contribution < 1.29 is 14.3 Å². The van der Waals surface area contributed by atoms with Gasteiger partial charge in [-0.15, -0.1) is 0 Å². The molecule has 5 nitrogen and oxygen atoms in total. The molecule has 160 valence electrons. The van der Waals surface area contributed by atoms with Crippen LogP contribution in [0.25, 0.3) is 10.8 Å². The van der Waals surface area contributed by atoms with Gasteiger partial charge in [0, 0.05) is 17.0 Å². The number of ether oxygens (including phenoxy) is 1. The van der Waals surface area contributed by atoms with Crippen molar-refractivity contribution in [2.24, 2.45) is 5.92 Å². The van der Waals surface area contributed by atoms with E-state index in [1.54, 1.807) is 24.3 Å². The highest BCUT2D eigenvalue weighted by atomic mass is 16.6. The second-order valence-corrected chi connectivity index (χ2v) is 8.54. The first-order valence-corrected chi connectivity index (χ1v) is 10.8. The first-order valence-electron chi connectivity index (χ1n) is 10.8. The summed E-state index contributed by atoms with van der Waals surface area (Å²) in [7, 11) is 0. The first kappa shape index (κ1) is 21.1. The van der Waals surface area contributed by atoms with Crippen LogP contribution in [0.5, 0.6) is 0 Å². The molecule has 4 rings (SSSR count). The summed E-state index contributed by atoms with van der Waals surface area (Å²) in [4.78, 5) is 26.2. The maximum absolute atomic E-state index is 13.1. The molecular formula is C26H28N2O3. The summed E-state index contributed by atoms with van der Waals surface area (Å²) < 4.78 is 5.93. The number of carbonyl (C=O) groups is 2. The molecule has 31 heavy (non-hydrogen) atoms. The van der Waals surface area contributed by atoms with Crippen LogP contribution < -0.4 is 10.6 Å². The third-order valence-electron chi connectivity index (χ3n) is 6.11. The van der Waals surface area contributed by atoms with Gasteiger partial charge in [-0.2, -0.15) is 0 Å². The Balaban J connectivity index is 1.56. The molecule has 0 spiro atoms. The quantitative estimate of drug-likeness (QED) is 0.573. The molecule has 0 unspecified atom stereocenters. The Morgan fingerprint density at radius 3 is 2.32 bits per heavy atom. The van der Waals surface area contributed by atoms with Crippen LogP contribution in [0.1, 0.15) is 47.4 Å². The number of rotatable bonds is 5. The average molecular weight is 417 g/mol. The van der Waals surface area contributed by atoms with E-state index in [0.717, 1.165) is 36.7 Å². The van der Waals surface area contributed by atoms with Crippen molar-refractivity contribution in [2.75, 3.05) is 18.4 Å². The lowest BCUT2D eigenvalue weighted by Gasteiger charge is -2.36. The van der Waals surface area contributed by atoms with Crippen LogP contribution in [-0.4, -0.2) is 30.6 Å². The molecule has 1 amide bonds. The van der Waals surface area contributed by atoms with Crippen molar-refractivity contribution in [3.63, 3.8) is 0 Å². The topological polar surface area (TPSA) is 67.4 Å². The van der Waals surface area contributed by atoms with Gasteiger partial charge in [-0.25, -0.2) is 4.79 Å². The molecule has 1 aliphatic heterocycles. The van der Waals surface area contributed by atoms with Crippen LogP contribution in [0, 0.1) is 5.92 Å².